The number of carbonyl (C=O) groups excluding carboxylic acids is 2. The van der Waals surface area contributed by atoms with Crippen molar-refractivity contribution in [3.8, 4) is 0 Å². The molecule has 23 heavy (non-hydrogen) atoms. The average molecular weight is 326 g/mol. The second-order valence-electron chi connectivity index (χ2n) is 7.80. The molecular weight excluding hydrogens is 292 g/mol. The molecule has 1 aliphatic carbocycles. The van der Waals surface area contributed by atoms with Crippen LogP contribution in [0.5, 0.6) is 0 Å². The van der Waals surface area contributed by atoms with Gasteiger partial charge in [-0.05, 0) is 53.9 Å². The first kappa shape index (κ1) is 19.9. The van der Waals surface area contributed by atoms with Crippen LogP contribution >= 0.6 is 0 Å². The molecule has 0 aliphatic heterocycles. The molecule has 1 saturated carbocycles. The van der Waals surface area contributed by atoms with Crippen molar-refractivity contribution in [2.75, 3.05) is 13.2 Å². The molecule has 0 radical (unpaired) electrons. The maximum atomic E-state index is 12.5. The molecule has 0 bridgehead atoms. The van der Waals surface area contributed by atoms with Crippen LogP contribution in [0.2, 0.25) is 0 Å². The standard InChI is InChI=1S/C18H34N2O3/c1-13(2)23-12-8-11-19-16(21)14-9-6-7-10-15(14)17(22)20-18(3,4)5/h13-15H,6-12H2,1-5H3,(H,19,21)(H,20,22)/t14-,15+/m0/s1. The zero-order chi connectivity index (χ0) is 17.5. The van der Waals surface area contributed by atoms with Gasteiger partial charge in [-0.1, -0.05) is 12.8 Å². The van der Waals surface area contributed by atoms with E-state index in [-0.39, 0.29) is 35.3 Å². The maximum Gasteiger partial charge on any atom is 0.224 e. The first-order chi connectivity index (χ1) is 10.7. The molecule has 0 aromatic carbocycles. The summed E-state index contributed by atoms with van der Waals surface area (Å²) in [4.78, 5) is 24.9. The smallest absolute Gasteiger partial charge is 0.224 e. The minimum Gasteiger partial charge on any atom is -0.379 e. The Morgan fingerprint density at radius 2 is 1.65 bits per heavy atom. The summed E-state index contributed by atoms with van der Waals surface area (Å²) in [6.45, 7) is 11.2. The van der Waals surface area contributed by atoms with Crippen molar-refractivity contribution in [2.24, 2.45) is 11.8 Å². The van der Waals surface area contributed by atoms with E-state index in [2.05, 4.69) is 10.6 Å². The monoisotopic (exact) mass is 326 g/mol. The Kier molecular flexibility index (Phi) is 8.03. The number of hydrogen-bond acceptors (Lipinski definition) is 3. The first-order valence-electron chi connectivity index (χ1n) is 8.92. The van der Waals surface area contributed by atoms with Gasteiger partial charge in [-0.2, -0.15) is 0 Å². The second-order valence-corrected chi connectivity index (χ2v) is 7.80. The summed E-state index contributed by atoms with van der Waals surface area (Å²) in [6, 6.07) is 0. The summed E-state index contributed by atoms with van der Waals surface area (Å²) in [5.41, 5.74) is -0.260. The van der Waals surface area contributed by atoms with E-state index >= 15 is 0 Å². The lowest BCUT2D eigenvalue weighted by Gasteiger charge is -2.32. The van der Waals surface area contributed by atoms with Gasteiger partial charge >= 0.3 is 0 Å². The lowest BCUT2D eigenvalue weighted by molar-refractivity contribution is -0.137. The molecule has 1 rings (SSSR count). The van der Waals surface area contributed by atoms with E-state index in [1.54, 1.807) is 0 Å². The fraction of sp³-hybridized carbons (Fsp3) is 0.889. The van der Waals surface area contributed by atoms with Crippen molar-refractivity contribution in [3.05, 3.63) is 0 Å². The van der Waals surface area contributed by atoms with Crippen LogP contribution in [0, 0.1) is 11.8 Å². The lowest BCUT2D eigenvalue weighted by Crippen LogP contribution is -2.49. The highest BCUT2D eigenvalue weighted by Crippen LogP contribution is 2.30. The number of rotatable bonds is 7. The Bertz CT molecular complexity index is 388. The van der Waals surface area contributed by atoms with Gasteiger partial charge < -0.3 is 15.4 Å². The highest BCUT2D eigenvalue weighted by Gasteiger charge is 2.36. The van der Waals surface area contributed by atoms with Gasteiger partial charge in [0.2, 0.25) is 11.8 Å². The van der Waals surface area contributed by atoms with Crippen LogP contribution in [-0.4, -0.2) is 36.6 Å². The van der Waals surface area contributed by atoms with Crippen LogP contribution in [0.15, 0.2) is 0 Å². The van der Waals surface area contributed by atoms with E-state index in [0.29, 0.717) is 13.2 Å². The summed E-state index contributed by atoms with van der Waals surface area (Å²) in [6.07, 6.45) is 4.67. The predicted molar refractivity (Wildman–Crippen MR) is 92.1 cm³/mol. The Labute approximate surface area is 140 Å². The minimum atomic E-state index is -0.260. The largest absolute Gasteiger partial charge is 0.379 e. The van der Waals surface area contributed by atoms with E-state index in [0.717, 1.165) is 32.1 Å². The summed E-state index contributed by atoms with van der Waals surface area (Å²) in [5, 5.41) is 6.00. The van der Waals surface area contributed by atoms with E-state index in [9.17, 15) is 9.59 Å². The second kappa shape index (κ2) is 9.26. The molecule has 0 saturated heterocycles. The van der Waals surface area contributed by atoms with Crippen molar-refractivity contribution in [3.63, 3.8) is 0 Å². The third kappa shape index (κ3) is 7.82. The fourth-order valence-electron chi connectivity index (χ4n) is 2.95. The van der Waals surface area contributed by atoms with Crippen LogP contribution in [0.25, 0.3) is 0 Å². The van der Waals surface area contributed by atoms with E-state index in [1.165, 1.54) is 0 Å². The number of amides is 2. The minimum absolute atomic E-state index is 0.0143. The molecule has 5 nitrogen and oxygen atoms in total. The normalized spacial score (nSPS) is 22.0. The molecule has 2 amide bonds. The first-order valence-corrected chi connectivity index (χ1v) is 8.92. The molecule has 5 heteroatoms. The summed E-state index contributed by atoms with van der Waals surface area (Å²) in [7, 11) is 0. The number of ether oxygens (including phenoxy) is 1. The van der Waals surface area contributed by atoms with Gasteiger partial charge in [-0.25, -0.2) is 0 Å². The number of carbonyl (C=O) groups is 2. The van der Waals surface area contributed by atoms with Crippen molar-refractivity contribution in [1.82, 2.24) is 10.6 Å². The van der Waals surface area contributed by atoms with Gasteiger partial charge in [-0.15, -0.1) is 0 Å². The molecule has 134 valence electrons. The van der Waals surface area contributed by atoms with Gasteiger partial charge in [0, 0.05) is 30.5 Å². The molecule has 0 unspecified atom stereocenters. The summed E-state index contributed by atoms with van der Waals surface area (Å²) in [5.74, 6) is -0.365. The third-order valence-corrected chi connectivity index (χ3v) is 4.01. The van der Waals surface area contributed by atoms with Gasteiger partial charge in [-0.3, -0.25) is 9.59 Å². The lowest BCUT2D eigenvalue weighted by atomic mass is 9.77. The van der Waals surface area contributed by atoms with Gasteiger partial charge in [0.1, 0.15) is 0 Å². The molecule has 0 aromatic rings. The molecular formula is C18H34N2O3. The maximum absolute atomic E-state index is 12.5. The van der Waals surface area contributed by atoms with Crippen LogP contribution in [0.3, 0.4) is 0 Å². The Hall–Kier alpha value is -1.10. The molecule has 2 atom stereocenters. The van der Waals surface area contributed by atoms with E-state index in [1.807, 2.05) is 34.6 Å². The Morgan fingerprint density at radius 3 is 2.17 bits per heavy atom. The fourth-order valence-corrected chi connectivity index (χ4v) is 2.95. The van der Waals surface area contributed by atoms with Crippen LogP contribution in [-0.2, 0) is 14.3 Å². The molecule has 0 spiro atoms. The zero-order valence-electron chi connectivity index (χ0n) is 15.4. The average Bonchev–Trinajstić information content (AvgIpc) is 2.44. The quantitative estimate of drug-likeness (QED) is 0.707. The van der Waals surface area contributed by atoms with E-state index < -0.39 is 0 Å². The van der Waals surface area contributed by atoms with Crippen molar-refractivity contribution >= 4 is 11.8 Å². The highest BCUT2D eigenvalue weighted by molar-refractivity contribution is 5.88. The summed E-state index contributed by atoms with van der Waals surface area (Å²) >= 11 is 0. The SMILES string of the molecule is CC(C)OCCCNC(=O)[C@H]1CCCC[C@H]1C(=O)NC(C)(C)C. The van der Waals surface area contributed by atoms with Gasteiger partial charge in [0.05, 0.1) is 6.10 Å². The molecule has 0 heterocycles. The van der Waals surface area contributed by atoms with Gasteiger partial charge in [0.15, 0.2) is 0 Å². The van der Waals surface area contributed by atoms with Gasteiger partial charge in [0.25, 0.3) is 0 Å². The van der Waals surface area contributed by atoms with Crippen molar-refractivity contribution < 1.29 is 14.3 Å². The van der Waals surface area contributed by atoms with E-state index in [4.69, 9.17) is 4.74 Å². The Balaban J connectivity index is 2.47. The molecule has 0 aromatic heterocycles. The number of nitrogens with one attached hydrogen (secondary N) is 2. The molecule has 1 aliphatic rings. The summed E-state index contributed by atoms with van der Waals surface area (Å²) < 4.78 is 5.47. The Morgan fingerprint density at radius 1 is 1.09 bits per heavy atom. The van der Waals surface area contributed by atoms with Crippen LogP contribution in [0.1, 0.15) is 66.7 Å². The number of hydrogen-bond donors (Lipinski definition) is 2. The zero-order valence-corrected chi connectivity index (χ0v) is 15.4. The predicted octanol–water partition coefficient (Wildman–Crippen LogP) is 2.64. The van der Waals surface area contributed by atoms with Crippen LogP contribution in [0.4, 0.5) is 0 Å². The van der Waals surface area contributed by atoms with Crippen LogP contribution < -0.4 is 10.6 Å². The third-order valence-electron chi connectivity index (χ3n) is 4.01. The topological polar surface area (TPSA) is 67.4 Å². The van der Waals surface area contributed by atoms with Crippen molar-refractivity contribution in [1.29, 1.82) is 0 Å². The molecule has 1 fully saturated rings. The molecule has 2 N–H and O–H groups in total. The van der Waals surface area contributed by atoms with Crippen molar-refractivity contribution in [2.45, 2.75) is 78.4 Å². The highest BCUT2D eigenvalue weighted by atomic mass is 16.5.